The van der Waals surface area contributed by atoms with Crippen LogP contribution in [0.1, 0.15) is 30.3 Å². The monoisotopic (exact) mass is 421 g/mol. The summed E-state index contributed by atoms with van der Waals surface area (Å²) in [4.78, 5) is 24.6. The molecule has 0 spiro atoms. The van der Waals surface area contributed by atoms with Gasteiger partial charge in [-0.05, 0) is 69.2 Å². The Morgan fingerprint density at radius 2 is 1.68 bits per heavy atom. The molecule has 2 aromatic carbocycles. The molecule has 3 rings (SSSR count). The van der Waals surface area contributed by atoms with Gasteiger partial charge in [0.25, 0.3) is 5.91 Å². The molecule has 1 N–H and O–H groups in total. The molecule has 0 radical (unpaired) electrons. The zero-order valence-corrected chi connectivity index (χ0v) is 18.2. The molecule has 1 unspecified atom stereocenters. The van der Waals surface area contributed by atoms with Crippen LogP contribution in [0.4, 0.5) is 5.69 Å². The van der Waals surface area contributed by atoms with Crippen molar-refractivity contribution in [2.75, 3.05) is 5.32 Å². The third kappa shape index (κ3) is 5.94. The van der Waals surface area contributed by atoms with Gasteiger partial charge in [0.1, 0.15) is 11.5 Å². The molecule has 0 bridgehead atoms. The number of benzene rings is 2. The van der Waals surface area contributed by atoms with E-state index in [1.54, 1.807) is 35.9 Å². The number of esters is 1. The summed E-state index contributed by atoms with van der Waals surface area (Å²) in [5, 5.41) is 7.09. The lowest BCUT2D eigenvalue weighted by atomic mass is 10.1. The molecule has 1 amide bonds. The van der Waals surface area contributed by atoms with Crippen molar-refractivity contribution in [2.45, 2.75) is 39.7 Å². The molecule has 0 aliphatic rings. The first-order valence-corrected chi connectivity index (χ1v) is 10.2. The first kappa shape index (κ1) is 22.1. The number of para-hydroxylation sites is 1. The standard InChI is InChI=1S/C24H27N3O4/c1-16-22(17(2)27(4)26-16)14-15-23(28)30-18(3)24(29)25-19-10-12-21(13-11-19)31-20-8-6-5-7-9-20/h5-13,18H,14-15H2,1-4H3,(H,25,29). The number of amides is 1. The molecule has 162 valence electrons. The third-order valence-corrected chi connectivity index (χ3v) is 5.02. The topological polar surface area (TPSA) is 82.5 Å². The minimum absolute atomic E-state index is 0.191. The molecular formula is C24H27N3O4. The molecule has 0 saturated carbocycles. The largest absolute Gasteiger partial charge is 0.457 e. The average Bonchev–Trinajstić information content (AvgIpc) is 2.99. The van der Waals surface area contributed by atoms with Crippen LogP contribution in [-0.4, -0.2) is 27.8 Å². The predicted octanol–water partition coefficient (Wildman–Crippen LogP) is 4.33. The number of nitrogens with zero attached hydrogens (tertiary/aromatic N) is 2. The van der Waals surface area contributed by atoms with Crippen molar-refractivity contribution in [3.63, 3.8) is 0 Å². The summed E-state index contributed by atoms with van der Waals surface area (Å²) in [6.45, 7) is 5.44. The predicted molar refractivity (Wildman–Crippen MR) is 118 cm³/mol. The zero-order valence-electron chi connectivity index (χ0n) is 18.2. The molecule has 1 heterocycles. The van der Waals surface area contributed by atoms with E-state index in [1.807, 2.05) is 51.2 Å². The van der Waals surface area contributed by atoms with Crippen molar-refractivity contribution in [1.29, 1.82) is 0 Å². The summed E-state index contributed by atoms with van der Waals surface area (Å²) in [5.74, 6) is 0.580. The van der Waals surface area contributed by atoms with Crippen LogP contribution in [0.3, 0.4) is 0 Å². The number of hydrogen-bond acceptors (Lipinski definition) is 5. The molecule has 7 nitrogen and oxygen atoms in total. The maximum absolute atomic E-state index is 12.4. The van der Waals surface area contributed by atoms with Gasteiger partial charge in [0.2, 0.25) is 0 Å². The molecule has 0 fully saturated rings. The number of anilines is 1. The van der Waals surface area contributed by atoms with E-state index in [9.17, 15) is 9.59 Å². The summed E-state index contributed by atoms with van der Waals surface area (Å²) in [5.41, 5.74) is 3.55. The number of nitrogens with one attached hydrogen (secondary N) is 1. The van der Waals surface area contributed by atoms with E-state index in [0.717, 1.165) is 22.7 Å². The quantitative estimate of drug-likeness (QED) is 0.548. The summed E-state index contributed by atoms with van der Waals surface area (Å²) in [6, 6.07) is 16.4. The highest BCUT2D eigenvalue weighted by molar-refractivity contribution is 5.95. The number of ether oxygens (including phenoxy) is 2. The van der Waals surface area contributed by atoms with Gasteiger partial charge in [0.15, 0.2) is 6.10 Å². The highest BCUT2D eigenvalue weighted by atomic mass is 16.5. The van der Waals surface area contributed by atoms with Crippen LogP contribution in [0.25, 0.3) is 0 Å². The average molecular weight is 421 g/mol. The molecule has 3 aromatic rings. The van der Waals surface area contributed by atoms with Gasteiger partial charge in [-0.1, -0.05) is 18.2 Å². The lowest BCUT2D eigenvalue weighted by molar-refractivity contribution is -0.153. The van der Waals surface area contributed by atoms with E-state index in [0.29, 0.717) is 17.9 Å². The van der Waals surface area contributed by atoms with Crippen molar-refractivity contribution in [2.24, 2.45) is 7.05 Å². The van der Waals surface area contributed by atoms with E-state index in [2.05, 4.69) is 10.4 Å². The Morgan fingerprint density at radius 1 is 1.03 bits per heavy atom. The van der Waals surface area contributed by atoms with E-state index < -0.39 is 12.1 Å². The second-order valence-corrected chi connectivity index (χ2v) is 7.33. The second kappa shape index (κ2) is 9.93. The van der Waals surface area contributed by atoms with Crippen molar-refractivity contribution < 1.29 is 19.1 Å². The minimum Gasteiger partial charge on any atom is -0.457 e. The Balaban J connectivity index is 1.47. The van der Waals surface area contributed by atoms with Crippen molar-refractivity contribution in [3.05, 3.63) is 71.5 Å². The van der Waals surface area contributed by atoms with Gasteiger partial charge in [0.05, 0.1) is 5.69 Å². The van der Waals surface area contributed by atoms with Crippen LogP contribution in [0.15, 0.2) is 54.6 Å². The van der Waals surface area contributed by atoms with Crippen LogP contribution in [0.2, 0.25) is 0 Å². The molecule has 1 aromatic heterocycles. The van der Waals surface area contributed by atoms with E-state index in [1.165, 1.54) is 0 Å². The van der Waals surface area contributed by atoms with Crippen LogP contribution < -0.4 is 10.1 Å². The SMILES string of the molecule is Cc1nn(C)c(C)c1CCC(=O)OC(C)C(=O)Nc1ccc(Oc2ccccc2)cc1. The number of hydrogen-bond donors (Lipinski definition) is 1. The van der Waals surface area contributed by atoms with Crippen molar-refractivity contribution in [1.82, 2.24) is 9.78 Å². The second-order valence-electron chi connectivity index (χ2n) is 7.33. The maximum Gasteiger partial charge on any atom is 0.306 e. The van der Waals surface area contributed by atoms with Gasteiger partial charge >= 0.3 is 5.97 Å². The Morgan fingerprint density at radius 3 is 2.29 bits per heavy atom. The summed E-state index contributed by atoms with van der Waals surface area (Å²) in [6.07, 6.45) is -0.179. The van der Waals surface area contributed by atoms with Gasteiger partial charge in [-0.15, -0.1) is 0 Å². The Bertz CT molecular complexity index is 1040. The molecule has 31 heavy (non-hydrogen) atoms. The summed E-state index contributed by atoms with van der Waals surface area (Å²) in [7, 11) is 1.87. The maximum atomic E-state index is 12.4. The summed E-state index contributed by atoms with van der Waals surface area (Å²) < 4.78 is 12.8. The highest BCUT2D eigenvalue weighted by Gasteiger charge is 2.19. The lowest BCUT2D eigenvalue weighted by Gasteiger charge is -2.14. The van der Waals surface area contributed by atoms with Crippen LogP contribution >= 0.6 is 0 Å². The Labute approximate surface area is 182 Å². The van der Waals surface area contributed by atoms with Crippen molar-refractivity contribution in [3.8, 4) is 11.5 Å². The third-order valence-electron chi connectivity index (χ3n) is 5.02. The number of carbonyl (C=O) groups excluding carboxylic acids is 2. The molecule has 0 aliphatic heterocycles. The molecule has 0 saturated heterocycles. The van der Waals surface area contributed by atoms with Gasteiger partial charge < -0.3 is 14.8 Å². The van der Waals surface area contributed by atoms with Crippen LogP contribution in [0, 0.1) is 13.8 Å². The number of rotatable bonds is 8. The first-order chi connectivity index (χ1) is 14.8. The van der Waals surface area contributed by atoms with E-state index >= 15 is 0 Å². The zero-order chi connectivity index (χ0) is 22.4. The molecule has 0 aliphatic carbocycles. The van der Waals surface area contributed by atoms with Gasteiger partial charge in [-0.3, -0.25) is 14.3 Å². The number of aromatic nitrogens is 2. The molecular weight excluding hydrogens is 394 g/mol. The normalized spacial score (nSPS) is 11.6. The van der Waals surface area contributed by atoms with Gasteiger partial charge in [-0.25, -0.2) is 0 Å². The van der Waals surface area contributed by atoms with Gasteiger partial charge in [-0.2, -0.15) is 5.10 Å². The summed E-state index contributed by atoms with van der Waals surface area (Å²) >= 11 is 0. The fraction of sp³-hybridized carbons (Fsp3) is 0.292. The Hall–Kier alpha value is -3.61. The smallest absolute Gasteiger partial charge is 0.306 e. The Kier molecular flexibility index (Phi) is 7.07. The fourth-order valence-corrected chi connectivity index (χ4v) is 3.19. The van der Waals surface area contributed by atoms with E-state index in [-0.39, 0.29) is 12.3 Å². The molecule has 7 heteroatoms. The molecule has 1 atom stereocenters. The van der Waals surface area contributed by atoms with Gasteiger partial charge in [0, 0.05) is 24.8 Å². The van der Waals surface area contributed by atoms with Crippen LogP contribution in [0.5, 0.6) is 11.5 Å². The van der Waals surface area contributed by atoms with Crippen molar-refractivity contribution >= 4 is 17.6 Å². The highest BCUT2D eigenvalue weighted by Crippen LogP contribution is 2.22. The van der Waals surface area contributed by atoms with Crippen LogP contribution in [-0.2, 0) is 27.8 Å². The first-order valence-electron chi connectivity index (χ1n) is 10.2. The number of aryl methyl sites for hydroxylation is 2. The fourth-order valence-electron chi connectivity index (χ4n) is 3.19. The van der Waals surface area contributed by atoms with E-state index in [4.69, 9.17) is 9.47 Å². The lowest BCUT2D eigenvalue weighted by Crippen LogP contribution is -2.30. The minimum atomic E-state index is -0.899. The number of carbonyl (C=O) groups is 2.